The summed E-state index contributed by atoms with van der Waals surface area (Å²) in [4.78, 5) is 23.5. The number of Topliss-reactive ketones (excluding diaryl/α,β-unsaturated/α-hetero) is 1. The maximum Gasteiger partial charge on any atom is 0.345 e. The van der Waals surface area contributed by atoms with Crippen LogP contribution in [-0.2, 0) is 4.74 Å². The molecule has 0 aromatic heterocycles. The number of esters is 1. The molecule has 0 fully saturated rings. The number of ketones is 1. The first-order valence-electron chi connectivity index (χ1n) is 5.75. The standard InChI is InChI=1S/C13H16O6/c1-4-6(2)11(16)9-7(14)5-8(15)10(12(9)17)13(18)19-3/h5-6,14-15,17H,4H2,1-3H3. The second-order valence-corrected chi connectivity index (χ2v) is 4.18. The minimum Gasteiger partial charge on any atom is -0.507 e. The van der Waals surface area contributed by atoms with Gasteiger partial charge in [-0.25, -0.2) is 4.79 Å². The summed E-state index contributed by atoms with van der Waals surface area (Å²) in [7, 11) is 1.07. The number of hydrogen-bond donors (Lipinski definition) is 3. The molecule has 6 nitrogen and oxygen atoms in total. The molecule has 0 aliphatic rings. The molecule has 104 valence electrons. The van der Waals surface area contributed by atoms with Crippen LogP contribution in [0.25, 0.3) is 0 Å². The molecule has 19 heavy (non-hydrogen) atoms. The lowest BCUT2D eigenvalue weighted by atomic mass is 9.93. The van der Waals surface area contributed by atoms with Gasteiger partial charge in [-0.3, -0.25) is 4.79 Å². The summed E-state index contributed by atoms with van der Waals surface area (Å²) in [5.74, 6) is -3.94. The largest absolute Gasteiger partial charge is 0.507 e. The van der Waals surface area contributed by atoms with E-state index in [9.17, 15) is 24.9 Å². The van der Waals surface area contributed by atoms with Crippen LogP contribution in [0.1, 0.15) is 41.0 Å². The molecular formula is C13H16O6. The molecule has 1 unspecified atom stereocenters. The van der Waals surface area contributed by atoms with Crippen molar-refractivity contribution >= 4 is 11.8 Å². The molecule has 0 radical (unpaired) electrons. The van der Waals surface area contributed by atoms with Crippen LogP contribution in [0.2, 0.25) is 0 Å². The first-order valence-corrected chi connectivity index (χ1v) is 5.75. The molecule has 1 aromatic rings. The number of aromatic hydroxyl groups is 3. The lowest BCUT2D eigenvalue weighted by molar-refractivity contribution is 0.0594. The van der Waals surface area contributed by atoms with Crippen molar-refractivity contribution in [1.82, 2.24) is 0 Å². The molecule has 0 aliphatic heterocycles. The van der Waals surface area contributed by atoms with E-state index in [0.29, 0.717) is 6.42 Å². The Hall–Kier alpha value is -2.24. The van der Waals surface area contributed by atoms with Gasteiger partial charge >= 0.3 is 5.97 Å². The third kappa shape index (κ3) is 2.62. The fraction of sp³-hybridized carbons (Fsp3) is 0.385. The fourth-order valence-electron chi connectivity index (χ4n) is 1.62. The molecule has 1 rings (SSSR count). The lowest BCUT2D eigenvalue weighted by Gasteiger charge is -2.14. The molecule has 1 aromatic carbocycles. The zero-order valence-corrected chi connectivity index (χ0v) is 10.9. The molecule has 1 atom stereocenters. The number of rotatable bonds is 4. The third-order valence-electron chi connectivity index (χ3n) is 2.96. The first-order chi connectivity index (χ1) is 8.84. The highest BCUT2D eigenvalue weighted by Crippen LogP contribution is 2.39. The van der Waals surface area contributed by atoms with E-state index in [1.165, 1.54) is 0 Å². The average molecular weight is 268 g/mol. The van der Waals surface area contributed by atoms with Crippen LogP contribution >= 0.6 is 0 Å². The summed E-state index contributed by atoms with van der Waals surface area (Å²) in [6, 6.07) is 0.835. The van der Waals surface area contributed by atoms with Crippen molar-refractivity contribution in [1.29, 1.82) is 0 Å². The van der Waals surface area contributed by atoms with Crippen molar-refractivity contribution < 1.29 is 29.6 Å². The highest BCUT2D eigenvalue weighted by Gasteiger charge is 2.28. The van der Waals surface area contributed by atoms with Gasteiger partial charge in [-0.15, -0.1) is 0 Å². The summed E-state index contributed by atoms with van der Waals surface area (Å²) >= 11 is 0. The van der Waals surface area contributed by atoms with Crippen LogP contribution in [-0.4, -0.2) is 34.2 Å². The van der Waals surface area contributed by atoms with Gasteiger partial charge in [0.15, 0.2) is 5.78 Å². The van der Waals surface area contributed by atoms with Crippen LogP contribution in [0.5, 0.6) is 17.2 Å². The van der Waals surface area contributed by atoms with E-state index in [2.05, 4.69) is 4.74 Å². The van der Waals surface area contributed by atoms with Crippen molar-refractivity contribution in [2.45, 2.75) is 20.3 Å². The highest BCUT2D eigenvalue weighted by molar-refractivity contribution is 6.07. The van der Waals surface area contributed by atoms with E-state index < -0.39 is 40.5 Å². The van der Waals surface area contributed by atoms with Crippen LogP contribution in [0.15, 0.2) is 6.07 Å². The van der Waals surface area contributed by atoms with E-state index in [0.717, 1.165) is 13.2 Å². The van der Waals surface area contributed by atoms with Crippen molar-refractivity contribution in [2.24, 2.45) is 5.92 Å². The summed E-state index contributed by atoms with van der Waals surface area (Å²) in [6.45, 7) is 3.41. The Morgan fingerprint density at radius 3 is 2.21 bits per heavy atom. The normalized spacial score (nSPS) is 11.9. The van der Waals surface area contributed by atoms with Gasteiger partial charge in [0.1, 0.15) is 28.4 Å². The number of phenols is 3. The van der Waals surface area contributed by atoms with Gasteiger partial charge in [0.2, 0.25) is 0 Å². The topological polar surface area (TPSA) is 104 Å². The Morgan fingerprint density at radius 2 is 1.74 bits per heavy atom. The summed E-state index contributed by atoms with van der Waals surface area (Å²) in [5.41, 5.74) is -0.917. The van der Waals surface area contributed by atoms with Gasteiger partial charge in [0.25, 0.3) is 0 Å². The number of benzene rings is 1. The Bertz CT molecular complexity index is 520. The second-order valence-electron chi connectivity index (χ2n) is 4.18. The van der Waals surface area contributed by atoms with Gasteiger partial charge in [-0.2, -0.15) is 0 Å². The molecule has 0 spiro atoms. The van der Waals surface area contributed by atoms with E-state index >= 15 is 0 Å². The molecular weight excluding hydrogens is 252 g/mol. The van der Waals surface area contributed by atoms with E-state index in [1.807, 2.05) is 0 Å². The number of ether oxygens (including phenoxy) is 1. The summed E-state index contributed by atoms with van der Waals surface area (Å²) < 4.78 is 4.41. The van der Waals surface area contributed by atoms with E-state index in [4.69, 9.17) is 0 Å². The molecule has 6 heteroatoms. The third-order valence-corrected chi connectivity index (χ3v) is 2.96. The minimum absolute atomic E-state index is 0.382. The predicted molar refractivity (Wildman–Crippen MR) is 66.6 cm³/mol. The predicted octanol–water partition coefficient (Wildman–Crippen LogP) is 1.82. The van der Waals surface area contributed by atoms with Crippen molar-refractivity contribution in [3.63, 3.8) is 0 Å². The van der Waals surface area contributed by atoms with Crippen LogP contribution in [0.4, 0.5) is 0 Å². The molecule has 0 amide bonds. The first kappa shape index (κ1) is 14.8. The second kappa shape index (κ2) is 5.60. The zero-order chi connectivity index (χ0) is 14.7. The van der Waals surface area contributed by atoms with Crippen molar-refractivity contribution in [2.75, 3.05) is 7.11 Å². The molecule has 0 aliphatic carbocycles. The van der Waals surface area contributed by atoms with Crippen LogP contribution in [0, 0.1) is 5.92 Å². The minimum atomic E-state index is -0.992. The quantitative estimate of drug-likeness (QED) is 0.568. The average Bonchev–Trinajstić information content (AvgIpc) is 2.36. The van der Waals surface area contributed by atoms with Gasteiger partial charge in [0.05, 0.1) is 7.11 Å². The Morgan fingerprint density at radius 1 is 1.21 bits per heavy atom. The molecule has 0 heterocycles. The zero-order valence-electron chi connectivity index (χ0n) is 10.9. The number of hydrogen-bond acceptors (Lipinski definition) is 6. The Kier molecular flexibility index (Phi) is 4.37. The fourth-order valence-corrected chi connectivity index (χ4v) is 1.62. The molecule has 3 N–H and O–H groups in total. The van der Waals surface area contributed by atoms with Gasteiger partial charge in [-0.1, -0.05) is 13.8 Å². The van der Waals surface area contributed by atoms with Gasteiger partial charge in [-0.05, 0) is 6.42 Å². The van der Waals surface area contributed by atoms with Crippen molar-refractivity contribution in [3.8, 4) is 17.2 Å². The van der Waals surface area contributed by atoms with E-state index in [1.54, 1.807) is 13.8 Å². The Balaban J connectivity index is 3.49. The smallest absolute Gasteiger partial charge is 0.345 e. The number of carbonyl (C=O) groups excluding carboxylic acids is 2. The summed E-state index contributed by atoms with van der Waals surface area (Å²) in [6.07, 6.45) is 0.506. The molecule has 0 saturated heterocycles. The Labute approximate surface area is 110 Å². The summed E-state index contributed by atoms with van der Waals surface area (Å²) in [5, 5.41) is 29.1. The number of phenolic OH excluding ortho intramolecular Hbond substituents is 3. The maximum absolute atomic E-state index is 12.0. The van der Waals surface area contributed by atoms with Crippen LogP contribution in [0.3, 0.4) is 0 Å². The van der Waals surface area contributed by atoms with Gasteiger partial charge in [0, 0.05) is 12.0 Å². The lowest BCUT2D eigenvalue weighted by Crippen LogP contribution is -2.13. The highest BCUT2D eigenvalue weighted by atomic mass is 16.5. The number of carbonyl (C=O) groups is 2. The van der Waals surface area contributed by atoms with Crippen molar-refractivity contribution in [3.05, 3.63) is 17.2 Å². The maximum atomic E-state index is 12.0. The molecule has 0 saturated carbocycles. The number of methoxy groups -OCH3 is 1. The van der Waals surface area contributed by atoms with Crippen LogP contribution < -0.4 is 0 Å². The molecule has 0 bridgehead atoms. The monoisotopic (exact) mass is 268 g/mol. The SMILES string of the molecule is CCC(C)C(=O)c1c(O)cc(O)c(C(=O)OC)c1O. The van der Waals surface area contributed by atoms with Gasteiger partial charge < -0.3 is 20.1 Å². The van der Waals surface area contributed by atoms with E-state index in [-0.39, 0.29) is 5.56 Å².